The van der Waals surface area contributed by atoms with Crippen LogP contribution in [-0.4, -0.2) is 28.6 Å². The first-order chi connectivity index (χ1) is 16.4. The fourth-order valence-electron chi connectivity index (χ4n) is 4.27. The molecule has 1 amide bonds. The highest BCUT2D eigenvalue weighted by Gasteiger charge is 2.13. The van der Waals surface area contributed by atoms with Crippen LogP contribution in [0, 0.1) is 13.8 Å². The molecular weight excluding hydrogens is 422 g/mol. The number of nitrogens with zero attached hydrogens (tertiary/aromatic N) is 2. The van der Waals surface area contributed by atoms with Crippen molar-refractivity contribution in [2.24, 2.45) is 0 Å². The number of amides is 1. The normalized spacial score (nSPS) is 11.2. The number of benzene rings is 3. The topological polar surface area (TPSA) is 56.1 Å². The lowest BCUT2D eigenvalue weighted by Gasteiger charge is -2.16. The van der Waals surface area contributed by atoms with Gasteiger partial charge in [-0.25, -0.2) is 4.98 Å². The van der Waals surface area contributed by atoms with Crippen LogP contribution >= 0.6 is 0 Å². The van der Waals surface area contributed by atoms with Gasteiger partial charge in [-0.05, 0) is 60.7 Å². The average molecular weight is 456 g/mol. The third-order valence-electron chi connectivity index (χ3n) is 6.12. The fraction of sp³-hybridized carbons (Fsp3) is 0.310. The number of nitrogens with one attached hydrogen (secondary N) is 1. The highest BCUT2D eigenvalue weighted by molar-refractivity contribution is 5.95. The molecule has 1 heterocycles. The molecule has 0 saturated heterocycles. The van der Waals surface area contributed by atoms with Gasteiger partial charge in [-0.3, -0.25) is 4.79 Å². The molecule has 4 aromatic rings. The van der Waals surface area contributed by atoms with Crippen LogP contribution in [0.2, 0.25) is 0 Å². The molecule has 0 atom stereocenters. The van der Waals surface area contributed by atoms with Crippen LogP contribution in [0.5, 0.6) is 5.75 Å². The van der Waals surface area contributed by atoms with Crippen LogP contribution in [0.3, 0.4) is 0 Å². The number of hydrogen-bond acceptors (Lipinski definition) is 3. The van der Waals surface area contributed by atoms with E-state index >= 15 is 0 Å². The van der Waals surface area contributed by atoms with Crippen LogP contribution in [0.1, 0.15) is 52.6 Å². The molecule has 5 heteroatoms. The lowest BCUT2D eigenvalue weighted by atomic mass is 10.0. The third-order valence-corrected chi connectivity index (χ3v) is 6.12. The van der Waals surface area contributed by atoms with Gasteiger partial charge in [0.05, 0.1) is 17.6 Å². The van der Waals surface area contributed by atoms with Crippen molar-refractivity contribution in [3.63, 3.8) is 0 Å². The van der Waals surface area contributed by atoms with E-state index in [1.54, 1.807) is 0 Å². The minimum absolute atomic E-state index is 0.0512. The molecule has 0 unspecified atom stereocenters. The van der Waals surface area contributed by atoms with Crippen molar-refractivity contribution in [2.75, 3.05) is 13.2 Å². The Hall–Kier alpha value is -3.60. The first-order valence-electron chi connectivity index (χ1n) is 12.0. The molecule has 34 heavy (non-hydrogen) atoms. The number of hydrogen-bond donors (Lipinski definition) is 1. The molecule has 0 aliphatic carbocycles. The Morgan fingerprint density at radius 1 is 1.03 bits per heavy atom. The Morgan fingerprint density at radius 2 is 1.79 bits per heavy atom. The number of ether oxygens (including phenoxy) is 1. The second-order valence-corrected chi connectivity index (χ2v) is 9.03. The smallest absolute Gasteiger partial charge is 0.251 e. The van der Waals surface area contributed by atoms with Gasteiger partial charge in [0.2, 0.25) is 0 Å². The number of rotatable bonds is 9. The predicted octanol–water partition coefficient (Wildman–Crippen LogP) is 5.83. The second kappa shape index (κ2) is 10.6. The van der Waals surface area contributed by atoms with Crippen molar-refractivity contribution in [1.29, 1.82) is 0 Å². The summed E-state index contributed by atoms with van der Waals surface area (Å²) in [6.07, 6.45) is 0.647. The van der Waals surface area contributed by atoms with Gasteiger partial charge in [0.1, 0.15) is 18.2 Å². The van der Waals surface area contributed by atoms with Crippen molar-refractivity contribution in [3.8, 4) is 5.75 Å². The molecule has 0 aliphatic heterocycles. The van der Waals surface area contributed by atoms with Crippen LogP contribution in [0.25, 0.3) is 11.0 Å². The Balaban J connectivity index is 1.46. The lowest BCUT2D eigenvalue weighted by molar-refractivity contribution is 0.0953. The van der Waals surface area contributed by atoms with Gasteiger partial charge in [-0.1, -0.05) is 56.3 Å². The summed E-state index contributed by atoms with van der Waals surface area (Å²) in [6, 6.07) is 22.2. The highest BCUT2D eigenvalue weighted by atomic mass is 16.5. The Kier molecular flexibility index (Phi) is 7.31. The molecule has 0 saturated carbocycles. The number of imidazole rings is 1. The minimum Gasteiger partial charge on any atom is -0.491 e. The molecule has 0 bridgehead atoms. The number of carbonyl (C=O) groups excluding carboxylic acids is 1. The number of aromatic nitrogens is 2. The minimum atomic E-state index is -0.0512. The van der Waals surface area contributed by atoms with Gasteiger partial charge in [-0.2, -0.15) is 0 Å². The van der Waals surface area contributed by atoms with E-state index in [9.17, 15) is 4.79 Å². The number of para-hydroxylation sites is 2. The van der Waals surface area contributed by atoms with Gasteiger partial charge in [0, 0.05) is 18.5 Å². The van der Waals surface area contributed by atoms with Gasteiger partial charge < -0.3 is 14.6 Å². The molecule has 5 nitrogen and oxygen atoms in total. The van der Waals surface area contributed by atoms with E-state index in [1.807, 2.05) is 49.4 Å². The van der Waals surface area contributed by atoms with E-state index in [-0.39, 0.29) is 5.91 Å². The molecule has 0 spiro atoms. The van der Waals surface area contributed by atoms with E-state index in [2.05, 4.69) is 54.9 Å². The van der Waals surface area contributed by atoms with Gasteiger partial charge in [0.25, 0.3) is 5.91 Å². The number of carbonyl (C=O) groups is 1. The lowest BCUT2D eigenvalue weighted by Crippen LogP contribution is -2.27. The summed E-state index contributed by atoms with van der Waals surface area (Å²) in [6.45, 7) is 10.2. The highest BCUT2D eigenvalue weighted by Crippen LogP contribution is 2.27. The zero-order valence-electron chi connectivity index (χ0n) is 20.5. The average Bonchev–Trinajstić information content (AvgIpc) is 3.16. The van der Waals surface area contributed by atoms with Crippen LogP contribution in [0.4, 0.5) is 0 Å². The summed E-state index contributed by atoms with van der Waals surface area (Å²) in [5.41, 5.74) is 6.14. The number of aryl methyl sites for hydroxylation is 2. The van der Waals surface area contributed by atoms with Gasteiger partial charge >= 0.3 is 0 Å². The Bertz CT molecular complexity index is 1290. The van der Waals surface area contributed by atoms with Gasteiger partial charge in [-0.15, -0.1) is 0 Å². The van der Waals surface area contributed by atoms with Crippen molar-refractivity contribution in [2.45, 2.75) is 46.6 Å². The monoisotopic (exact) mass is 455 g/mol. The van der Waals surface area contributed by atoms with Crippen molar-refractivity contribution >= 4 is 16.9 Å². The summed E-state index contributed by atoms with van der Waals surface area (Å²) < 4.78 is 8.46. The first kappa shape index (κ1) is 23.6. The van der Waals surface area contributed by atoms with Crippen LogP contribution in [0.15, 0.2) is 66.7 Å². The molecule has 176 valence electrons. The quantitative estimate of drug-likeness (QED) is 0.346. The molecule has 4 rings (SSSR count). The largest absolute Gasteiger partial charge is 0.491 e. The number of fused-ring (bicyclic) bond motifs is 1. The molecular formula is C29H33N3O2. The first-order valence-corrected chi connectivity index (χ1v) is 12.0. The maximum absolute atomic E-state index is 12.6. The van der Waals surface area contributed by atoms with E-state index in [1.165, 1.54) is 11.1 Å². The van der Waals surface area contributed by atoms with E-state index in [0.717, 1.165) is 28.2 Å². The summed E-state index contributed by atoms with van der Waals surface area (Å²) in [5.74, 6) is 2.25. The standard InChI is InChI=1S/C29H33N3O2/c1-20(2)23-14-13-21(3)19-27(23)34-18-17-32-26-12-8-7-11-25(26)31-28(32)15-16-30-29(33)24-10-6-5-9-22(24)4/h5-14,19-20H,15-18H2,1-4H3,(H,30,33). The second-order valence-electron chi connectivity index (χ2n) is 9.03. The molecule has 0 aliphatic rings. The van der Waals surface area contributed by atoms with Crippen molar-refractivity contribution < 1.29 is 9.53 Å². The summed E-state index contributed by atoms with van der Waals surface area (Å²) in [5, 5.41) is 3.04. The van der Waals surface area contributed by atoms with Crippen LogP contribution < -0.4 is 10.1 Å². The predicted molar refractivity (Wildman–Crippen MR) is 138 cm³/mol. The van der Waals surface area contributed by atoms with Crippen molar-refractivity contribution in [3.05, 3.63) is 94.8 Å². The van der Waals surface area contributed by atoms with E-state index in [0.29, 0.717) is 37.6 Å². The molecule has 3 aromatic carbocycles. The maximum Gasteiger partial charge on any atom is 0.251 e. The van der Waals surface area contributed by atoms with Gasteiger partial charge in [0.15, 0.2) is 0 Å². The molecule has 1 N–H and O–H groups in total. The maximum atomic E-state index is 12.6. The SMILES string of the molecule is Cc1ccc(C(C)C)c(OCCn2c(CCNC(=O)c3ccccc3C)nc3ccccc32)c1. The van der Waals surface area contributed by atoms with E-state index < -0.39 is 0 Å². The van der Waals surface area contributed by atoms with Crippen LogP contribution in [-0.2, 0) is 13.0 Å². The molecule has 1 aromatic heterocycles. The fourth-order valence-corrected chi connectivity index (χ4v) is 4.27. The summed E-state index contributed by atoms with van der Waals surface area (Å²) in [4.78, 5) is 17.4. The Labute approximate surface area is 201 Å². The van der Waals surface area contributed by atoms with E-state index in [4.69, 9.17) is 9.72 Å². The zero-order chi connectivity index (χ0) is 24.1. The molecule has 0 radical (unpaired) electrons. The van der Waals surface area contributed by atoms with Crippen molar-refractivity contribution in [1.82, 2.24) is 14.9 Å². The zero-order valence-corrected chi connectivity index (χ0v) is 20.5. The summed E-state index contributed by atoms with van der Waals surface area (Å²) >= 11 is 0. The third kappa shape index (κ3) is 5.30. The molecule has 0 fully saturated rings. The summed E-state index contributed by atoms with van der Waals surface area (Å²) in [7, 11) is 0. The Morgan fingerprint density at radius 3 is 2.59 bits per heavy atom.